The highest BCUT2D eigenvalue weighted by Gasteiger charge is 2.30. The van der Waals surface area contributed by atoms with Gasteiger partial charge in [-0.3, -0.25) is 0 Å². The lowest BCUT2D eigenvalue weighted by Crippen LogP contribution is -2.07. The summed E-state index contributed by atoms with van der Waals surface area (Å²) in [5, 5.41) is 30.8. The van der Waals surface area contributed by atoms with Crippen LogP contribution in [0.3, 0.4) is 0 Å². The van der Waals surface area contributed by atoms with Gasteiger partial charge < -0.3 is 19.9 Å². The fourth-order valence-corrected chi connectivity index (χ4v) is 3.64. The molecule has 1 aliphatic carbocycles. The van der Waals surface area contributed by atoms with Crippen LogP contribution in [0.1, 0.15) is 58.6 Å². The number of benzene rings is 2. The molecule has 0 amide bonds. The van der Waals surface area contributed by atoms with Crippen molar-refractivity contribution in [3.8, 4) is 5.75 Å². The van der Waals surface area contributed by atoms with Crippen LogP contribution in [0, 0.1) is 0 Å². The number of nitrogens with zero attached hydrogens (tertiary/aromatic N) is 2. The van der Waals surface area contributed by atoms with Gasteiger partial charge in [0, 0.05) is 18.5 Å². The summed E-state index contributed by atoms with van der Waals surface area (Å²) < 4.78 is 1.88. The molecule has 1 fully saturated rings. The normalized spacial score (nSPS) is 15.2. The number of aromatic carboxylic acids is 1. The van der Waals surface area contributed by atoms with Gasteiger partial charge in [0.2, 0.25) is 0 Å². The molecule has 1 saturated carbocycles. The van der Waals surface area contributed by atoms with Crippen molar-refractivity contribution in [1.82, 2.24) is 9.55 Å². The van der Waals surface area contributed by atoms with E-state index in [1.54, 1.807) is 6.07 Å². The van der Waals surface area contributed by atoms with Crippen LogP contribution in [0.2, 0.25) is 0 Å². The summed E-state index contributed by atoms with van der Waals surface area (Å²) in [6.45, 7) is 0. The van der Waals surface area contributed by atoms with E-state index in [1.165, 1.54) is 0 Å². The molecule has 0 bridgehead atoms. The summed E-state index contributed by atoms with van der Waals surface area (Å²) in [4.78, 5) is 16.4. The number of aromatic nitrogens is 2. The van der Waals surface area contributed by atoms with Crippen LogP contribution in [-0.2, 0) is 13.5 Å². The fourth-order valence-electron chi connectivity index (χ4n) is 3.64. The monoisotopic (exact) mass is 366 g/mol. The zero-order valence-corrected chi connectivity index (χ0v) is 15.1. The predicted molar refractivity (Wildman–Crippen MR) is 101 cm³/mol. The van der Waals surface area contributed by atoms with E-state index in [-0.39, 0.29) is 17.7 Å². The number of phenols is 1. The second kappa shape index (κ2) is 6.70. The van der Waals surface area contributed by atoms with Gasteiger partial charge in [-0.2, -0.15) is 0 Å². The Bertz CT molecular complexity index is 1010. The molecule has 1 aliphatic rings. The first-order valence-corrected chi connectivity index (χ1v) is 9.14. The molecule has 0 saturated heterocycles. The van der Waals surface area contributed by atoms with Gasteiger partial charge >= 0.3 is 5.97 Å². The van der Waals surface area contributed by atoms with Crippen LogP contribution < -0.4 is 0 Å². The number of aryl methyl sites for hydroxylation is 1. The van der Waals surface area contributed by atoms with Crippen LogP contribution in [0.15, 0.2) is 36.4 Å². The van der Waals surface area contributed by atoms with Gasteiger partial charge in [-0.25, -0.2) is 9.78 Å². The number of hydrogen-bond donors (Lipinski definition) is 3. The Hall–Kier alpha value is -2.86. The zero-order chi connectivity index (χ0) is 19.1. The van der Waals surface area contributed by atoms with Crippen molar-refractivity contribution in [3.63, 3.8) is 0 Å². The molecule has 3 N–H and O–H groups in total. The molecule has 6 nitrogen and oxygen atoms in total. The van der Waals surface area contributed by atoms with Crippen LogP contribution in [0.5, 0.6) is 5.75 Å². The second-order valence-electron chi connectivity index (χ2n) is 7.19. The average molecular weight is 366 g/mol. The summed E-state index contributed by atoms with van der Waals surface area (Å²) in [6.07, 6.45) is 1.97. The highest BCUT2D eigenvalue weighted by atomic mass is 16.4. The predicted octanol–water partition coefficient (Wildman–Crippen LogP) is 3.52. The van der Waals surface area contributed by atoms with Crippen molar-refractivity contribution in [1.29, 1.82) is 0 Å². The van der Waals surface area contributed by atoms with Gasteiger partial charge in [0.15, 0.2) is 0 Å². The largest absolute Gasteiger partial charge is 0.505 e. The number of rotatable bonds is 6. The highest BCUT2D eigenvalue weighted by Crippen LogP contribution is 2.42. The molecule has 1 aromatic heterocycles. The molecule has 1 unspecified atom stereocenters. The van der Waals surface area contributed by atoms with Crippen LogP contribution >= 0.6 is 0 Å². The number of carboxylic acid groups (broad SMARTS) is 1. The Morgan fingerprint density at radius 2 is 2.00 bits per heavy atom. The average Bonchev–Trinajstić information content (AvgIpc) is 3.45. The molecule has 3 aromatic rings. The number of aromatic hydroxyl groups is 1. The smallest absolute Gasteiger partial charge is 0.336 e. The number of aliphatic hydroxyl groups is 1. The number of aliphatic hydroxyl groups excluding tert-OH is 1. The maximum Gasteiger partial charge on any atom is 0.336 e. The van der Waals surface area contributed by atoms with Crippen molar-refractivity contribution >= 4 is 17.0 Å². The third-order valence-electron chi connectivity index (χ3n) is 5.32. The highest BCUT2D eigenvalue weighted by molar-refractivity contribution is 5.97. The van der Waals surface area contributed by atoms with Crippen LogP contribution in [0.25, 0.3) is 11.0 Å². The summed E-state index contributed by atoms with van der Waals surface area (Å²) in [6, 6.07) is 10.8. The van der Waals surface area contributed by atoms with Crippen LogP contribution in [-0.4, -0.2) is 30.8 Å². The number of hydrogen-bond acceptors (Lipinski definition) is 4. The molecule has 6 heteroatoms. The molecule has 0 radical (unpaired) electrons. The van der Waals surface area contributed by atoms with Gasteiger partial charge in [0.1, 0.15) is 17.1 Å². The summed E-state index contributed by atoms with van der Waals surface area (Å²) in [5.41, 5.74) is 2.22. The minimum Gasteiger partial charge on any atom is -0.505 e. The van der Waals surface area contributed by atoms with Crippen LogP contribution in [0.4, 0.5) is 0 Å². The summed E-state index contributed by atoms with van der Waals surface area (Å²) >= 11 is 0. The zero-order valence-electron chi connectivity index (χ0n) is 15.1. The third kappa shape index (κ3) is 3.17. The van der Waals surface area contributed by atoms with Crippen molar-refractivity contribution in [2.75, 3.05) is 0 Å². The minimum absolute atomic E-state index is 0.0607. The van der Waals surface area contributed by atoms with Gasteiger partial charge in [-0.05, 0) is 37.3 Å². The standard InChI is InChI=1S/C21H22N2O4/c1-23-16-11-15(21(26)27)14(9-10-17(24)12-5-3-2-4-6-12)19(25)18(16)22-20(23)13-7-8-13/h2-6,11,13,17,24-25H,7-10H2,1H3,(H,26,27). The van der Waals surface area contributed by atoms with E-state index in [1.807, 2.05) is 41.9 Å². The fraction of sp³-hybridized carbons (Fsp3) is 0.333. The Morgan fingerprint density at radius 3 is 2.63 bits per heavy atom. The SMILES string of the molecule is Cn1c(C2CC2)nc2c(O)c(CCC(O)c3ccccc3)c(C(=O)O)cc21. The van der Waals surface area contributed by atoms with Gasteiger partial charge in [-0.1, -0.05) is 30.3 Å². The number of phenolic OH excluding ortho intramolecular Hbond substituents is 1. The maximum absolute atomic E-state index is 11.8. The first kappa shape index (κ1) is 17.5. The van der Waals surface area contributed by atoms with Gasteiger partial charge in [0.05, 0.1) is 17.2 Å². The molecule has 1 heterocycles. The lowest BCUT2D eigenvalue weighted by atomic mass is 9.96. The molecular weight excluding hydrogens is 344 g/mol. The van der Waals surface area contributed by atoms with Crippen molar-refractivity contribution in [3.05, 3.63) is 58.9 Å². The van der Waals surface area contributed by atoms with E-state index in [2.05, 4.69) is 4.98 Å². The van der Waals surface area contributed by atoms with Crippen molar-refractivity contribution < 1.29 is 20.1 Å². The molecule has 1 atom stereocenters. The Morgan fingerprint density at radius 1 is 1.30 bits per heavy atom. The van der Waals surface area contributed by atoms with E-state index < -0.39 is 12.1 Å². The number of carboxylic acids is 1. The summed E-state index contributed by atoms with van der Waals surface area (Å²) in [7, 11) is 1.85. The van der Waals surface area contributed by atoms with E-state index in [4.69, 9.17) is 0 Å². The second-order valence-corrected chi connectivity index (χ2v) is 7.19. The molecule has 27 heavy (non-hydrogen) atoms. The molecule has 140 valence electrons. The van der Waals surface area contributed by atoms with E-state index >= 15 is 0 Å². The quantitative estimate of drug-likeness (QED) is 0.620. The van der Waals surface area contributed by atoms with E-state index in [0.717, 1.165) is 24.2 Å². The lowest BCUT2D eigenvalue weighted by molar-refractivity contribution is 0.0694. The molecule has 2 aromatic carbocycles. The minimum atomic E-state index is -1.09. The third-order valence-corrected chi connectivity index (χ3v) is 5.32. The number of fused-ring (bicyclic) bond motifs is 1. The number of carbonyl (C=O) groups is 1. The molecule has 0 spiro atoms. The first-order chi connectivity index (χ1) is 13.0. The summed E-state index contributed by atoms with van der Waals surface area (Å²) in [5.74, 6) is 0.0924. The Kier molecular flexibility index (Phi) is 4.36. The Labute approximate surface area is 156 Å². The van der Waals surface area contributed by atoms with Crippen molar-refractivity contribution in [2.24, 2.45) is 7.05 Å². The van der Waals surface area contributed by atoms with E-state index in [9.17, 15) is 20.1 Å². The Balaban J connectivity index is 1.71. The van der Waals surface area contributed by atoms with Gasteiger partial charge in [0.25, 0.3) is 0 Å². The molecule has 4 rings (SSSR count). The molecule has 0 aliphatic heterocycles. The van der Waals surface area contributed by atoms with E-state index in [0.29, 0.717) is 28.9 Å². The van der Waals surface area contributed by atoms with Crippen molar-refractivity contribution in [2.45, 2.75) is 37.7 Å². The number of imidazole rings is 1. The lowest BCUT2D eigenvalue weighted by Gasteiger charge is -2.14. The first-order valence-electron chi connectivity index (χ1n) is 9.14. The maximum atomic E-state index is 11.8. The topological polar surface area (TPSA) is 95.6 Å². The molecular formula is C21H22N2O4. The van der Waals surface area contributed by atoms with Gasteiger partial charge in [-0.15, -0.1) is 0 Å².